The van der Waals surface area contributed by atoms with Crippen LogP contribution in [0.2, 0.25) is 5.04 Å². The third-order valence-electron chi connectivity index (χ3n) is 6.24. The van der Waals surface area contributed by atoms with Gasteiger partial charge in [0.1, 0.15) is 11.4 Å². The van der Waals surface area contributed by atoms with Crippen LogP contribution in [0.15, 0.2) is 78.9 Å². The summed E-state index contributed by atoms with van der Waals surface area (Å²) >= 11 is 0. The van der Waals surface area contributed by atoms with Crippen LogP contribution in [0.4, 0.5) is 4.79 Å². The fraction of sp³-hybridized carbons (Fsp3) is 0.345. The van der Waals surface area contributed by atoms with Gasteiger partial charge in [-0.1, -0.05) is 87.5 Å². The van der Waals surface area contributed by atoms with Gasteiger partial charge in [0.15, 0.2) is 0 Å². The SMILES string of the molecule is CC(C)(C)OC(=O)N1Cc2ccc(O[Si](c3ccccc3)(c3ccccc3)C(C)(C)C)cc2C1. The molecule has 1 amide bonds. The van der Waals surface area contributed by atoms with Crippen molar-refractivity contribution in [3.63, 3.8) is 0 Å². The van der Waals surface area contributed by atoms with Crippen molar-refractivity contribution in [1.82, 2.24) is 4.90 Å². The van der Waals surface area contributed by atoms with Gasteiger partial charge in [0.2, 0.25) is 0 Å². The average molecular weight is 474 g/mol. The Balaban J connectivity index is 1.71. The van der Waals surface area contributed by atoms with Gasteiger partial charge in [-0.15, -0.1) is 0 Å². The van der Waals surface area contributed by atoms with Crippen LogP contribution in [0.3, 0.4) is 0 Å². The van der Waals surface area contributed by atoms with Gasteiger partial charge >= 0.3 is 14.4 Å². The molecule has 1 aliphatic heterocycles. The maximum Gasteiger partial charge on any atom is 0.410 e. The highest BCUT2D eigenvalue weighted by molar-refractivity contribution is 7.00. The molecule has 178 valence electrons. The molecule has 0 N–H and O–H groups in total. The number of carbonyl (C=O) groups excluding carboxylic acids is 1. The van der Waals surface area contributed by atoms with Crippen LogP contribution in [-0.2, 0) is 17.8 Å². The Morgan fingerprint density at radius 1 is 0.765 bits per heavy atom. The second kappa shape index (κ2) is 8.95. The van der Waals surface area contributed by atoms with E-state index in [-0.39, 0.29) is 11.1 Å². The molecule has 0 bridgehead atoms. The predicted molar refractivity (Wildman–Crippen MR) is 140 cm³/mol. The van der Waals surface area contributed by atoms with Gasteiger partial charge in [-0.3, -0.25) is 4.90 Å². The van der Waals surface area contributed by atoms with Crippen molar-refractivity contribution >= 4 is 24.8 Å². The summed E-state index contributed by atoms with van der Waals surface area (Å²) in [5, 5.41) is 2.37. The van der Waals surface area contributed by atoms with Gasteiger partial charge in [0.05, 0.1) is 0 Å². The highest BCUT2D eigenvalue weighted by Gasteiger charge is 2.52. The minimum Gasteiger partial charge on any atom is -0.534 e. The molecule has 0 radical (unpaired) electrons. The van der Waals surface area contributed by atoms with Crippen LogP contribution in [-0.4, -0.2) is 24.9 Å². The number of hydrogen-bond acceptors (Lipinski definition) is 3. The summed E-state index contributed by atoms with van der Waals surface area (Å²) in [5.74, 6) is 0.846. The summed E-state index contributed by atoms with van der Waals surface area (Å²) in [6, 6.07) is 27.5. The summed E-state index contributed by atoms with van der Waals surface area (Å²) in [6.45, 7) is 13.6. The molecule has 0 saturated heterocycles. The first-order valence-corrected chi connectivity index (χ1v) is 13.8. The van der Waals surface area contributed by atoms with Crippen LogP contribution < -0.4 is 14.8 Å². The number of hydrogen-bond donors (Lipinski definition) is 0. The fourth-order valence-corrected chi connectivity index (χ4v) is 9.13. The first kappa shape index (κ1) is 24.1. The molecule has 0 saturated carbocycles. The van der Waals surface area contributed by atoms with Crippen molar-refractivity contribution in [2.24, 2.45) is 0 Å². The maximum atomic E-state index is 12.6. The van der Waals surface area contributed by atoms with Crippen LogP contribution in [0.5, 0.6) is 5.75 Å². The highest BCUT2D eigenvalue weighted by Crippen LogP contribution is 2.38. The van der Waals surface area contributed by atoms with E-state index < -0.39 is 13.9 Å². The second-order valence-electron chi connectivity index (χ2n) is 11.0. The standard InChI is InChI=1S/C29H35NO3Si/c1-28(2,3)32-27(31)30-20-22-17-18-24(19-23(22)21-30)33-34(29(4,5)6,25-13-9-7-10-14-25)26-15-11-8-12-16-26/h7-19H,20-21H2,1-6H3. The van der Waals surface area contributed by atoms with Gasteiger partial charge in [0, 0.05) is 13.1 Å². The second-order valence-corrected chi connectivity index (χ2v) is 15.3. The largest absolute Gasteiger partial charge is 0.534 e. The third kappa shape index (κ3) is 4.76. The van der Waals surface area contributed by atoms with Gasteiger partial charge in [-0.05, 0) is 59.4 Å². The molecule has 0 fully saturated rings. The minimum absolute atomic E-state index is 0.114. The minimum atomic E-state index is -2.70. The van der Waals surface area contributed by atoms with E-state index in [1.165, 1.54) is 10.4 Å². The first-order chi connectivity index (χ1) is 16.0. The molecule has 0 aliphatic carbocycles. The van der Waals surface area contributed by atoms with Crippen LogP contribution in [0.1, 0.15) is 52.7 Å². The number of nitrogens with zero attached hydrogens (tertiary/aromatic N) is 1. The van der Waals surface area contributed by atoms with Gasteiger partial charge < -0.3 is 9.16 Å². The molecule has 34 heavy (non-hydrogen) atoms. The summed E-state index contributed by atoms with van der Waals surface area (Å²) in [6.07, 6.45) is -0.279. The van der Waals surface area contributed by atoms with E-state index in [0.717, 1.165) is 16.9 Å². The van der Waals surface area contributed by atoms with Crippen molar-refractivity contribution < 1.29 is 14.0 Å². The fourth-order valence-electron chi connectivity index (χ4n) is 4.72. The molecule has 0 unspecified atom stereocenters. The predicted octanol–water partition coefficient (Wildman–Crippen LogP) is 5.88. The number of fused-ring (bicyclic) bond motifs is 1. The van der Waals surface area contributed by atoms with E-state index >= 15 is 0 Å². The quantitative estimate of drug-likeness (QED) is 0.445. The Morgan fingerprint density at radius 3 is 1.79 bits per heavy atom. The zero-order chi connectivity index (χ0) is 24.6. The van der Waals surface area contributed by atoms with E-state index in [9.17, 15) is 4.79 Å². The van der Waals surface area contributed by atoms with E-state index in [0.29, 0.717) is 13.1 Å². The summed E-state index contributed by atoms with van der Waals surface area (Å²) < 4.78 is 12.7. The number of rotatable bonds is 4. The Labute approximate surface area is 204 Å². The zero-order valence-electron chi connectivity index (χ0n) is 21.1. The van der Waals surface area contributed by atoms with Crippen molar-refractivity contribution in [3.05, 3.63) is 90.0 Å². The normalized spacial score (nSPS) is 14.0. The van der Waals surface area contributed by atoms with Crippen LogP contribution in [0, 0.1) is 0 Å². The Hall–Kier alpha value is -3.05. The lowest BCUT2D eigenvalue weighted by Crippen LogP contribution is -2.68. The molecular formula is C29H35NO3Si. The molecular weight excluding hydrogens is 438 g/mol. The lowest BCUT2D eigenvalue weighted by atomic mass is 10.1. The molecule has 1 heterocycles. The Morgan fingerprint density at radius 2 is 1.29 bits per heavy atom. The topological polar surface area (TPSA) is 38.8 Å². The van der Waals surface area contributed by atoms with E-state index in [4.69, 9.17) is 9.16 Å². The van der Waals surface area contributed by atoms with Crippen LogP contribution in [0.25, 0.3) is 0 Å². The maximum absolute atomic E-state index is 12.6. The van der Waals surface area contributed by atoms with Crippen molar-refractivity contribution in [2.75, 3.05) is 0 Å². The van der Waals surface area contributed by atoms with Gasteiger partial charge in [-0.25, -0.2) is 4.79 Å². The number of benzene rings is 3. The first-order valence-electron chi connectivity index (χ1n) is 11.9. The number of carbonyl (C=O) groups is 1. The van der Waals surface area contributed by atoms with Crippen molar-refractivity contribution in [1.29, 1.82) is 0 Å². The summed E-state index contributed by atoms with van der Waals surface area (Å²) in [7, 11) is -2.70. The molecule has 5 heteroatoms. The summed E-state index contributed by atoms with van der Waals surface area (Å²) in [5.41, 5.74) is 1.74. The molecule has 3 aromatic rings. The monoisotopic (exact) mass is 473 g/mol. The lowest BCUT2D eigenvalue weighted by molar-refractivity contribution is 0.0242. The van der Waals surface area contributed by atoms with E-state index in [2.05, 4.69) is 99.6 Å². The lowest BCUT2D eigenvalue weighted by Gasteiger charge is -2.43. The Bertz CT molecular complexity index is 1110. The highest BCUT2D eigenvalue weighted by atomic mass is 28.4. The molecule has 0 aromatic heterocycles. The number of ether oxygens (including phenoxy) is 1. The smallest absolute Gasteiger partial charge is 0.410 e. The van der Waals surface area contributed by atoms with Crippen molar-refractivity contribution in [3.8, 4) is 5.75 Å². The molecule has 0 spiro atoms. The van der Waals surface area contributed by atoms with Crippen molar-refractivity contribution in [2.45, 2.75) is 65.3 Å². The van der Waals surface area contributed by atoms with Gasteiger partial charge in [0.25, 0.3) is 0 Å². The van der Waals surface area contributed by atoms with Crippen LogP contribution >= 0.6 is 0 Å². The third-order valence-corrected chi connectivity index (χ3v) is 11.2. The van der Waals surface area contributed by atoms with E-state index in [1.807, 2.05) is 20.8 Å². The molecule has 3 aromatic carbocycles. The van der Waals surface area contributed by atoms with E-state index in [1.54, 1.807) is 4.90 Å². The molecule has 4 nitrogen and oxygen atoms in total. The van der Waals surface area contributed by atoms with Gasteiger partial charge in [-0.2, -0.15) is 0 Å². The average Bonchev–Trinajstić information content (AvgIpc) is 3.20. The molecule has 1 aliphatic rings. The Kier molecular flexibility index (Phi) is 6.34. The zero-order valence-corrected chi connectivity index (χ0v) is 22.1. The summed E-state index contributed by atoms with van der Waals surface area (Å²) in [4.78, 5) is 14.4. The molecule has 0 atom stereocenters. The number of amides is 1. The molecule has 4 rings (SSSR count).